The lowest BCUT2D eigenvalue weighted by atomic mass is 10.1. The number of nitrogens with two attached hydrogens (primary N) is 1. The summed E-state index contributed by atoms with van der Waals surface area (Å²) >= 11 is 3.38. The van der Waals surface area contributed by atoms with E-state index in [9.17, 15) is 4.79 Å². The molecule has 88 valence electrons. The Balaban J connectivity index is 1.93. The van der Waals surface area contributed by atoms with E-state index < -0.39 is 5.54 Å². The minimum Gasteiger partial charge on any atom is -0.368 e. The minimum atomic E-state index is -0.587. The summed E-state index contributed by atoms with van der Waals surface area (Å²) in [4.78, 5) is 11.5. The molecule has 16 heavy (non-hydrogen) atoms. The summed E-state index contributed by atoms with van der Waals surface area (Å²) in [7, 11) is 0. The van der Waals surface area contributed by atoms with E-state index in [0.717, 1.165) is 12.8 Å². The van der Waals surface area contributed by atoms with E-state index in [2.05, 4.69) is 11.4 Å². The fourth-order valence-corrected chi connectivity index (χ4v) is 3.32. The van der Waals surface area contributed by atoms with Gasteiger partial charge in [-0.05, 0) is 31.2 Å². The van der Waals surface area contributed by atoms with Gasteiger partial charge in [0.1, 0.15) is 5.54 Å². The van der Waals surface area contributed by atoms with Crippen LogP contribution in [0.4, 0.5) is 0 Å². The fourth-order valence-electron chi connectivity index (χ4n) is 1.42. The van der Waals surface area contributed by atoms with Crippen molar-refractivity contribution >= 4 is 29.0 Å². The molecule has 0 aromatic carbocycles. The Hall–Kier alpha value is -0.520. The second-order valence-electron chi connectivity index (χ2n) is 4.34. The van der Waals surface area contributed by atoms with Crippen LogP contribution >= 0.6 is 23.1 Å². The summed E-state index contributed by atoms with van der Waals surface area (Å²) in [5, 5.41) is 5.38. The summed E-state index contributed by atoms with van der Waals surface area (Å²) in [5.74, 6) is 0.433. The first kappa shape index (κ1) is 12.0. The third kappa shape index (κ3) is 2.99. The van der Waals surface area contributed by atoms with Gasteiger partial charge in [-0.2, -0.15) is 0 Å². The molecular weight excluding hydrogens is 240 g/mol. The van der Waals surface area contributed by atoms with Gasteiger partial charge in [0, 0.05) is 11.8 Å². The zero-order valence-corrected chi connectivity index (χ0v) is 10.9. The molecule has 0 saturated heterocycles. The number of carbonyl (C=O) groups is 1. The zero-order chi connectivity index (χ0) is 11.6. The maximum absolute atomic E-state index is 11.5. The zero-order valence-electron chi connectivity index (χ0n) is 9.23. The van der Waals surface area contributed by atoms with Gasteiger partial charge in [0.05, 0.1) is 4.21 Å². The molecule has 1 aromatic heterocycles. The highest BCUT2D eigenvalue weighted by Crippen LogP contribution is 2.29. The van der Waals surface area contributed by atoms with Crippen LogP contribution < -0.4 is 11.1 Å². The van der Waals surface area contributed by atoms with Crippen molar-refractivity contribution in [2.24, 2.45) is 5.73 Å². The van der Waals surface area contributed by atoms with Crippen molar-refractivity contribution in [1.29, 1.82) is 0 Å². The van der Waals surface area contributed by atoms with Gasteiger partial charge in [-0.25, -0.2) is 0 Å². The summed E-state index contributed by atoms with van der Waals surface area (Å²) in [6, 6.07) is 4.57. The number of rotatable bonds is 6. The monoisotopic (exact) mass is 256 g/mol. The molecule has 1 amide bonds. The SMILES string of the molecule is CC(CSc1cccs1)(NC1CC1)C(N)=O. The first-order valence-corrected chi connectivity index (χ1v) is 7.20. The number of carbonyl (C=O) groups excluding carboxylic acids is 1. The fraction of sp³-hybridized carbons (Fsp3) is 0.545. The third-order valence-electron chi connectivity index (χ3n) is 2.64. The summed E-state index contributed by atoms with van der Waals surface area (Å²) < 4.78 is 1.23. The number of amides is 1. The van der Waals surface area contributed by atoms with Crippen LogP contribution in [-0.4, -0.2) is 23.2 Å². The molecule has 1 heterocycles. The van der Waals surface area contributed by atoms with Crippen LogP contribution in [0.15, 0.2) is 21.7 Å². The second-order valence-corrected chi connectivity index (χ2v) is 6.56. The van der Waals surface area contributed by atoms with E-state index in [1.807, 2.05) is 18.4 Å². The van der Waals surface area contributed by atoms with Gasteiger partial charge in [0.2, 0.25) is 5.91 Å². The average Bonchev–Trinajstić information content (AvgIpc) is 2.89. The molecule has 3 N–H and O–H groups in total. The lowest BCUT2D eigenvalue weighted by molar-refractivity contribution is -0.123. The van der Waals surface area contributed by atoms with Crippen LogP contribution in [0.2, 0.25) is 0 Å². The standard InChI is InChI=1S/C11H16N2OS2/c1-11(10(12)14,13-8-4-5-8)7-16-9-3-2-6-15-9/h2-3,6,8,13H,4-5,7H2,1H3,(H2,12,14). The largest absolute Gasteiger partial charge is 0.368 e. The highest BCUT2D eigenvalue weighted by molar-refractivity contribution is 8.01. The van der Waals surface area contributed by atoms with Crippen molar-refractivity contribution in [1.82, 2.24) is 5.32 Å². The van der Waals surface area contributed by atoms with Crippen molar-refractivity contribution in [2.45, 2.75) is 35.6 Å². The predicted molar refractivity (Wildman–Crippen MR) is 68.8 cm³/mol. The topological polar surface area (TPSA) is 55.1 Å². The van der Waals surface area contributed by atoms with Crippen molar-refractivity contribution in [3.63, 3.8) is 0 Å². The predicted octanol–water partition coefficient (Wildman–Crippen LogP) is 1.84. The molecule has 1 saturated carbocycles. The Morgan fingerprint density at radius 3 is 3.00 bits per heavy atom. The van der Waals surface area contributed by atoms with Crippen LogP contribution in [0, 0.1) is 0 Å². The van der Waals surface area contributed by atoms with Crippen LogP contribution in [0.5, 0.6) is 0 Å². The van der Waals surface area contributed by atoms with Crippen molar-refractivity contribution in [3.8, 4) is 0 Å². The number of primary amides is 1. The highest BCUT2D eigenvalue weighted by Gasteiger charge is 2.37. The van der Waals surface area contributed by atoms with E-state index >= 15 is 0 Å². The molecular formula is C11H16N2OS2. The van der Waals surface area contributed by atoms with Crippen LogP contribution in [0.1, 0.15) is 19.8 Å². The van der Waals surface area contributed by atoms with Crippen molar-refractivity contribution in [3.05, 3.63) is 17.5 Å². The Morgan fingerprint density at radius 2 is 2.50 bits per heavy atom. The molecule has 1 aliphatic carbocycles. The summed E-state index contributed by atoms with van der Waals surface area (Å²) in [6.45, 7) is 1.90. The van der Waals surface area contributed by atoms with E-state index in [0.29, 0.717) is 11.8 Å². The van der Waals surface area contributed by atoms with Crippen molar-refractivity contribution < 1.29 is 4.79 Å². The van der Waals surface area contributed by atoms with Gasteiger partial charge in [0.15, 0.2) is 0 Å². The highest BCUT2D eigenvalue weighted by atomic mass is 32.2. The Labute approximate surface area is 104 Å². The van der Waals surface area contributed by atoms with Gasteiger partial charge in [-0.1, -0.05) is 6.07 Å². The number of thiophene rings is 1. The van der Waals surface area contributed by atoms with E-state index in [1.54, 1.807) is 23.1 Å². The lowest BCUT2D eigenvalue weighted by Crippen LogP contribution is -2.55. The molecule has 5 heteroatoms. The maximum Gasteiger partial charge on any atom is 0.238 e. The van der Waals surface area contributed by atoms with Gasteiger partial charge < -0.3 is 11.1 Å². The number of hydrogen-bond acceptors (Lipinski definition) is 4. The Bertz CT molecular complexity index is 362. The van der Waals surface area contributed by atoms with Gasteiger partial charge >= 0.3 is 0 Å². The van der Waals surface area contributed by atoms with Crippen LogP contribution in [0.3, 0.4) is 0 Å². The van der Waals surface area contributed by atoms with Gasteiger partial charge in [-0.15, -0.1) is 23.1 Å². The number of hydrogen-bond donors (Lipinski definition) is 2. The molecule has 0 aliphatic heterocycles. The maximum atomic E-state index is 11.5. The van der Waals surface area contributed by atoms with E-state index in [-0.39, 0.29) is 5.91 Å². The lowest BCUT2D eigenvalue weighted by Gasteiger charge is -2.26. The second kappa shape index (κ2) is 4.77. The molecule has 1 aromatic rings. The van der Waals surface area contributed by atoms with Crippen LogP contribution in [0.25, 0.3) is 0 Å². The summed E-state index contributed by atoms with van der Waals surface area (Å²) in [5.41, 5.74) is 4.89. The van der Waals surface area contributed by atoms with E-state index in [4.69, 9.17) is 5.73 Å². The molecule has 1 unspecified atom stereocenters. The number of nitrogens with one attached hydrogen (secondary N) is 1. The third-order valence-corrected chi connectivity index (χ3v) is 5.09. The molecule has 1 atom stereocenters. The van der Waals surface area contributed by atoms with Crippen molar-refractivity contribution in [2.75, 3.05) is 5.75 Å². The first-order chi connectivity index (χ1) is 7.60. The van der Waals surface area contributed by atoms with Gasteiger partial charge in [-0.3, -0.25) is 4.79 Å². The number of thioether (sulfide) groups is 1. The average molecular weight is 256 g/mol. The summed E-state index contributed by atoms with van der Waals surface area (Å²) in [6.07, 6.45) is 2.32. The molecule has 1 aliphatic rings. The van der Waals surface area contributed by atoms with Crippen LogP contribution in [-0.2, 0) is 4.79 Å². The molecule has 0 radical (unpaired) electrons. The molecule has 0 spiro atoms. The normalized spacial score (nSPS) is 19.3. The smallest absolute Gasteiger partial charge is 0.238 e. The first-order valence-electron chi connectivity index (χ1n) is 5.34. The quantitative estimate of drug-likeness (QED) is 0.764. The van der Waals surface area contributed by atoms with E-state index in [1.165, 1.54) is 4.21 Å². The minimum absolute atomic E-state index is 0.261. The molecule has 0 bridgehead atoms. The Morgan fingerprint density at radius 1 is 1.75 bits per heavy atom. The molecule has 1 fully saturated rings. The molecule has 2 rings (SSSR count). The molecule has 3 nitrogen and oxygen atoms in total. The Kier molecular flexibility index (Phi) is 3.56. The van der Waals surface area contributed by atoms with Gasteiger partial charge in [0.25, 0.3) is 0 Å².